The van der Waals surface area contributed by atoms with E-state index >= 15 is 0 Å². The number of urea groups is 1. The van der Waals surface area contributed by atoms with E-state index in [1.165, 1.54) is 11.8 Å². The quantitative estimate of drug-likeness (QED) is 0.526. The van der Waals surface area contributed by atoms with Crippen molar-refractivity contribution in [3.8, 4) is 0 Å². The van der Waals surface area contributed by atoms with Crippen LogP contribution in [0.1, 0.15) is 35.2 Å². The highest BCUT2D eigenvalue weighted by Crippen LogP contribution is 2.26. The molecular weight excluding hydrogens is 370 g/mol. The number of aromatic nitrogens is 1. The van der Waals surface area contributed by atoms with Gasteiger partial charge in [-0.25, -0.2) is 9.59 Å². The highest BCUT2D eigenvalue weighted by atomic mass is 32.2. The van der Waals surface area contributed by atoms with Gasteiger partial charge in [0.15, 0.2) is 6.61 Å². The molecule has 0 saturated carbocycles. The molecule has 9 heteroatoms. The lowest BCUT2D eigenvalue weighted by Crippen LogP contribution is -2.41. The Morgan fingerprint density at radius 1 is 1.26 bits per heavy atom. The second-order valence-corrected chi connectivity index (χ2v) is 6.61. The van der Waals surface area contributed by atoms with Crippen molar-refractivity contribution in [2.75, 3.05) is 13.2 Å². The fourth-order valence-electron chi connectivity index (χ4n) is 2.05. The number of rotatable bonds is 8. The van der Waals surface area contributed by atoms with Crippen LogP contribution >= 0.6 is 11.8 Å². The third-order valence-electron chi connectivity index (χ3n) is 3.28. The number of hydrogen-bond donors (Lipinski definition) is 2. The third-order valence-corrected chi connectivity index (χ3v) is 4.39. The normalized spacial score (nSPS) is 10.3. The highest BCUT2D eigenvalue weighted by molar-refractivity contribution is 7.98. The first-order chi connectivity index (χ1) is 13.0. The first kappa shape index (κ1) is 20.5. The van der Waals surface area contributed by atoms with Gasteiger partial charge < -0.3 is 14.6 Å². The van der Waals surface area contributed by atoms with E-state index in [2.05, 4.69) is 15.8 Å². The van der Waals surface area contributed by atoms with Crippen molar-refractivity contribution >= 4 is 29.7 Å². The second kappa shape index (κ2) is 10.4. The van der Waals surface area contributed by atoms with Gasteiger partial charge in [0.1, 0.15) is 5.76 Å². The van der Waals surface area contributed by atoms with Crippen molar-refractivity contribution in [2.45, 2.75) is 30.9 Å². The molecule has 1 heterocycles. The Balaban J connectivity index is 1.88. The molecule has 2 rings (SSSR count). The van der Waals surface area contributed by atoms with Crippen LogP contribution in [0.25, 0.3) is 0 Å². The molecule has 8 nitrogen and oxygen atoms in total. The number of esters is 1. The van der Waals surface area contributed by atoms with E-state index in [1.54, 1.807) is 31.2 Å². The summed E-state index contributed by atoms with van der Waals surface area (Å²) in [7, 11) is 0. The predicted octanol–water partition coefficient (Wildman–Crippen LogP) is 2.67. The van der Waals surface area contributed by atoms with Gasteiger partial charge in [0.05, 0.1) is 11.3 Å². The number of nitrogens with zero attached hydrogens (tertiary/aromatic N) is 1. The van der Waals surface area contributed by atoms with Gasteiger partial charge in [-0.05, 0) is 25.5 Å². The van der Waals surface area contributed by atoms with E-state index in [9.17, 15) is 14.4 Å². The Kier molecular flexibility index (Phi) is 7.87. The average Bonchev–Trinajstić information content (AvgIpc) is 3.08. The molecule has 0 bridgehead atoms. The molecule has 2 N–H and O–H groups in total. The number of ether oxygens (including phenoxy) is 1. The van der Waals surface area contributed by atoms with Crippen LogP contribution in [0.4, 0.5) is 4.79 Å². The maximum absolute atomic E-state index is 12.3. The molecule has 0 atom stereocenters. The summed E-state index contributed by atoms with van der Waals surface area (Å²) in [6.07, 6.45) is 0.749. The molecule has 0 spiro atoms. The molecule has 1 aromatic heterocycles. The monoisotopic (exact) mass is 391 g/mol. The molecule has 27 heavy (non-hydrogen) atoms. The number of benzene rings is 1. The van der Waals surface area contributed by atoms with Crippen molar-refractivity contribution < 1.29 is 23.6 Å². The minimum absolute atomic E-state index is 0.339. The zero-order valence-corrected chi connectivity index (χ0v) is 15.9. The summed E-state index contributed by atoms with van der Waals surface area (Å²) in [4.78, 5) is 36.1. The van der Waals surface area contributed by atoms with Gasteiger partial charge in [-0.15, -0.1) is 11.8 Å². The van der Waals surface area contributed by atoms with Crippen molar-refractivity contribution in [1.29, 1.82) is 0 Å². The lowest BCUT2D eigenvalue weighted by atomic mass is 10.2. The second-order valence-electron chi connectivity index (χ2n) is 5.59. The summed E-state index contributed by atoms with van der Waals surface area (Å²) < 4.78 is 10.0. The van der Waals surface area contributed by atoms with Crippen LogP contribution in [0.15, 0.2) is 39.8 Å². The van der Waals surface area contributed by atoms with Crippen LogP contribution in [0.3, 0.4) is 0 Å². The Bertz CT molecular complexity index is 806. The van der Waals surface area contributed by atoms with Gasteiger partial charge in [-0.1, -0.05) is 24.2 Å². The van der Waals surface area contributed by atoms with Crippen molar-refractivity contribution in [3.05, 3.63) is 47.3 Å². The highest BCUT2D eigenvalue weighted by Gasteiger charge is 2.16. The minimum Gasteiger partial charge on any atom is -0.452 e. The minimum atomic E-state index is -0.694. The number of carbonyl (C=O) groups excluding carboxylic acids is 3. The number of thioether (sulfide) groups is 1. The van der Waals surface area contributed by atoms with Crippen LogP contribution in [-0.4, -0.2) is 36.2 Å². The molecule has 1 aromatic carbocycles. The molecule has 0 aliphatic carbocycles. The summed E-state index contributed by atoms with van der Waals surface area (Å²) in [6.45, 7) is 3.61. The first-order valence-electron chi connectivity index (χ1n) is 8.38. The van der Waals surface area contributed by atoms with E-state index in [0.717, 1.165) is 12.1 Å². The van der Waals surface area contributed by atoms with E-state index in [0.29, 0.717) is 28.5 Å². The molecule has 0 fully saturated rings. The zero-order valence-electron chi connectivity index (χ0n) is 15.1. The molecule has 144 valence electrons. The maximum atomic E-state index is 12.3. The summed E-state index contributed by atoms with van der Waals surface area (Å²) >= 11 is 1.41. The van der Waals surface area contributed by atoms with Crippen molar-refractivity contribution in [1.82, 2.24) is 15.8 Å². The maximum Gasteiger partial charge on any atom is 0.339 e. The molecule has 0 aliphatic rings. The van der Waals surface area contributed by atoms with E-state index in [1.807, 2.05) is 13.0 Å². The Hall–Kier alpha value is -2.81. The standard InChI is InChI=1S/C18H21N3O5S/c1-3-8-19-18(24)20-16(22)10-25-17(23)14-6-4-5-7-15(14)27-11-13-9-12(2)26-21-13/h4-7,9H,3,8,10-11H2,1-2H3,(H2,19,20,22,24). The van der Waals surface area contributed by atoms with Crippen LogP contribution in [0.5, 0.6) is 0 Å². The van der Waals surface area contributed by atoms with E-state index in [-0.39, 0.29) is 0 Å². The number of amides is 3. The first-order valence-corrected chi connectivity index (χ1v) is 9.37. The summed E-state index contributed by atoms with van der Waals surface area (Å²) in [5, 5.41) is 8.50. The van der Waals surface area contributed by atoms with Gasteiger partial charge in [0.2, 0.25) is 0 Å². The lowest BCUT2D eigenvalue weighted by molar-refractivity contribution is -0.123. The molecule has 3 amide bonds. The number of carbonyl (C=O) groups is 3. The topological polar surface area (TPSA) is 111 Å². The van der Waals surface area contributed by atoms with Crippen LogP contribution in [-0.2, 0) is 15.3 Å². The molecule has 0 radical (unpaired) electrons. The predicted molar refractivity (Wildman–Crippen MR) is 99.4 cm³/mol. The largest absolute Gasteiger partial charge is 0.452 e. The number of nitrogens with one attached hydrogen (secondary N) is 2. The van der Waals surface area contributed by atoms with Crippen LogP contribution in [0, 0.1) is 6.92 Å². The molecule has 0 unspecified atom stereocenters. The van der Waals surface area contributed by atoms with Crippen LogP contribution < -0.4 is 10.6 Å². The summed E-state index contributed by atoms with van der Waals surface area (Å²) in [5.74, 6) is -0.0920. The molecular formula is C18H21N3O5S. The smallest absolute Gasteiger partial charge is 0.339 e. The molecule has 2 aromatic rings. The third kappa shape index (κ3) is 6.78. The van der Waals surface area contributed by atoms with Gasteiger partial charge in [0, 0.05) is 23.3 Å². The number of hydrogen-bond acceptors (Lipinski definition) is 7. The average molecular weight is 391 g/mol. The van der Waals surface area contributed by atoms with Gasteiger partial charge in [0.25, 0.3) is 5.91 Å². The van der Waals surface area contributed by atoms with Gasteiger partial charge in [-0.2, -0.15) is 0 Å². The summed E-state index contributed by atoms with van der Waals surface area (Å²) in [5.41, 5.74) is 1.10. The van der Waals surface area contributed by atoms with Crippen molar-refractivity contribution in [2.24, 2.45) is 0 Å². The molecule has 0 saturated heterocycles. The lowest BCUT2D eigenvalue weighted by Gasteiger charge is -2.09. The fraction of sp³-hybridized carbons (Fsp3) is 0.333. The zero-order chi connectivity index (χ0) is 19.6. The number of imide groups is 1. The Morgan fingerprint density at radius 3 is 2.74 bits per heavy atom. The van der Waals surface area contributed by atoms with E-state index in [4.69, 9.17) is 9.26 Å². The SMILES string of the molecule is CCCNC(=O)NC(=O)COC(=O)c1ccccc1SCc1cc(C)on1. The fourth-order valence-corrected chi connectivity index (χ4v) is 2.97. The summed E-state index contributed by atoms with van der Waals surface area (Å²) in [6, 6.07) is 8.12. The molecule has 0 aliphatic heterocycles. The van der Waals surface area contributed by atoms with Crippen LogP contribution in [0.2, 0.25) is 0 Å². The number of aryl methyl sites for hydroxylation is 1. The van der Waals surface area contributed by atoms with E-state index < -0.39 is 24.5 Å². The Morgan fingerprint density at radius 2 is 2.04 bits per heavy atom. The van der Waals surface area contributed by atoms with Gasteiger partial charge >= 0.3 is 12.0 Å². The Labute approximate surface area is 161 Å². The van der Waals surface area contributed by atoms with Crippen molar-refractivity contribution in [3.63, 3.8) is 0 Å². The van der Waals surface area contributed by atoms with Gasteiger partial charge in [-0.3, -0.25) is 10.1 Å².